The molecule has 0 radical (unpaired) electrons. The lowest BCUT2D eigenvalue weighted by molar-refractivity contribution is -0.107. The van der Waals surface area contributed by atoms with E-state index in [0.29, 0.717) is 12.8 Å². The van der Waals surface area contributed by atoms with Gasteiger partial charge >= 0.3 is 0 Å². The highest BCUT2D eigenvalue weighted by molar-refractivity contribution is 5.53. The summed E-state index contributed by atoms with van der Waals surface area (Å²) in [6, 6.07) is 5.87. The molecule has 0 N–H and O–H groups in total. The quantitative estimate of drug-likeness (QED) is 0.735. The number of aldehydes is 1. The molecule has 1 fully saturated rings. The standard InChI is InChI=1S/C15H21NO3/c1-16-9-8-13(11-16)19-14-7-3-5-12(6-4-10-17)15(14)18-2/h3,5,7,10,13H,4,6,8-9,11H2,1-2H3. The molecule has 1 aliphatic heterocycles. The van der Waals surface area contributed by atoms with Crippen LogP contribution < -0.4 is 9.47 Å². The fourth-order valence-corrected chi connectivity index (χ4v) is 2.47. The third-order valence-electron chi connectivity index (χ3n) is 3.44. The number of carbonyl (C=O) groups is 1. The first-order valence-electron chi connectivity index (χ1n) is 6.69. The summed E-state index contributed by atoms with van der Waals surface area (Å²) in [5, 5.41) is 0. The van der Waals surface area contributed by atoms with E-state index in [0.717, 1.165) is 42.9 Å². The van der Waals surface area contributed by atoms with E-state index in [1.54, 1.807) is 7.11 Å². The monoisotopic (exact) mass is 263 g/mol. The number of benzene rings is 1. The van der Waals surface area contributed by atoms with E-state index in [9.17, 15) is 4.79 Å². The van der Waals surface area contributed by atoms with Crippen molar-refractivity contribution in [3.8, 4) is 11.5 Å². The molecule has 0 bridgehead atoms. The molecular weight excluding hydrogens is 242 g/mol. The van der Waals surface area contributed by atoms with Crippen LogP contribution in [0.15, 0.2) is 18.2 Å². The summed E-state index contributed by atoms with van der Waals surface area (Å²) >= 11 is 0. The predicted molar refractivity (Wildman–Crippen MR) is 73.9 cm³/mol. The van der Waals surface area contributed by atoms with E-state index < -0.39 is 0 Å². The second-order valence-corrected chi connectivity index (χ2v) is 4.94. The van der Waals surface area contributed by atoms with Crippen LogP contribution in [0.25, 0.3) is 0 Å². The lowest BCUT2D eigenvalue weighted by atomic mass is 10.1. The summed E-state index contributed by atoms with van der Waals surface area (Å²) in [7, 11) is 3.74. The van der Waals surface area contributed by atoms with E-state index in [1.165, 1.54) is 0 Å². The third kappa shape index (κ3) is 3.47. The minimum absolute atomic E-state index is 0.222. The number of nitrogens with zero attached hydrogens (tertiary/aromatic N) is 1. The van der Waals surface area contributed by atoms with Crippen molar-refractivity contribution < 1.29 is 14.3 Å². The number of ether oxygens (including phenoxy) is 2. The van der Waals surface area contributed by atoms with Crippen LogP contribution in [0.5, 0.6) is 11.5 Å². The minimum Gasteiger partial charge on any atom is -0.493 e. The van der Waals surface area contributed by atoms with Gasteiger partial charge in [-0.25, -0.2) is 0 Å². The molecule has 2 rings (SSSR count). The zero-order valence-electron chi connectivity index (χ0n) is 11.6. The van der Waals surface area contributed by atoms with E-state index >= 15 is 0 Å². The van der Waals surface area contributed by atoms with Crippen LogP contribution >= 0.6 is 0 Å². The predicted octanol–water partition coefficient (Wildman–Crippen LogP) is 1.91. The maximum absolute atomic E-state index is 10.5. The van der Waals surface area contributed by atoms with E-state index in [2.05, 4.69) is 11.9 Å². The third-order valence-corrected chi connectivity index (χ3v) is 3.44. The van der Waals surface area contributed by atoms with Crippen molar-refractivity contribution in [3.05, 3.63) is 23.8 Å². The summed E-state index contributed by atoms with van der Waals surface area (Å²) in [6.45, 7) is 2.01. The van der Waals surface area contributed by atoms with Gasteiger partial charge in [0.25, 0.3) is 0 Å². The first kappa shape index (κ1) is 13.9. The number of para-hydroxylation sites is 1. The number of carbonyl (C=O) groups excluding carboxylic acids is 1. The Balaban J connectivity index is 2.12. The van der Waals surface area contributed by atoms with Gasteiger partial charge in [0.15, 0.2) is 11.5 Å². The van der Waals surface area contributed by atoms with Gasteiger partial charge in [0.2, 0.25) is 0 Å². The average molecular weight is 263 g/mol. The van der Waals surface area contributed by atoms with E-state index in [1.807, 2.05) is 18.2 Å². The van der Waals surface area contributed by atoms with Crippen molar-refractivity contribution in [2.45, 2.75) is 25.4 Å². The Labute approximate surface area is 114 Å². The highest BCUT2D eigenvalue weighted by atomic mass is 16.5. The second kappa shape index (κ2) is 6.57. The lowest BCUT2D eigenvalue weighted by Gasteiger charge is -2.18. The normalized spacial score (nSPS) is 19.4. The van der Waals surface area contributed by atoms with Gasteiger partial charge in [0.1, 0.15) is 12.4 Å². The average Bonchev–Trinajstić information content (AvgIpc) is 2.82. The maximum Gasteiger partial charge on any atom is 0.163 e. The van der Waals surface area contributed by atoms with Gasteiger partial charge in [-0.05, 0) is 31.5 Å². The number of hydrogen-bond donors (Lipinski definition) is 0. The Hall–Kier alpha value is -1.55. The van der Waals surface area contributed by atoms with E-state index in [-0.39, 0.29) is 6.10 Å². The fraction of sp³-hybridized carbons (Fsp3) is 0.533. The van der Waals surface area contributed by atoms with Gasteiger partial charge < -0.3 is 19.2 Å². The fourth-order valence-electron chi connectivity index (χ4n) is 2.47. The zero-order valence-corrected chi connectivity index (χ0v) is 11.6. The summed E-state index contributed by atoms with van der Waals surface area (Å²) in [5.74, 6) is 1.55. The van der Waals surface area contributed by atoms with Crippen LogP contribution in [0.4, 0.5) is 0 Å². The SMILES string of the molecule is COc1c(CCC=O)cccc1OC1CCN(C)C1. The number of hydrogen-bond acceptors (Lipinski definition) is 4. The number of rotatable bonds is 6. The van der Waals surface area contributed by atoms with Crippen molar-refractivity contribution >= 4 is 6.29 Å². The van der Waals surface area contributed by atoms with Crippen molar-refractivity contribution in [1.29, 1.82) is 0 Å². The Morgan fingerprint density at radius 3 is 2.95 bits per heavy atom. The summed E-state index contributed by atoms with van der Waals surface area (Å²) in [4.78, 5) is 12.8. The van der Waals surface area contributed by atoms with Crippen molar-refractivity contribution in [2.75, 3.05) is 27.2 Å². The smallest absolute Gasteiger partial charge is 0.163 e. The number of likely N-dealkylation sites (N-methyl/N-ethyl adjacent to an activating group) is 1. The number of methoxy groups -OCH3 is 1. The second-order valence-electron chi connectivity index (χ2n) is 4.94. The van der Waals surface area contributed by atoms with Crippen molar-refractivity contribution in [1.82, 2.24) is 4.90 Å². The Morgan fingerprint density at radius 1 is 1.47 bits per heavy atom. The lowest BCUT2D eigenvalue weighted by Crippen LogP contribution is -2.21. The van der Waals surface area contributed by atoms with E-state index in [4.69, 9.17) is 9.47 Å². The molecule has 104 valence electrons. The van der Waals surface area contributed by atoms with Gasteiger partial charge in [-0.15, -0.1) is 0 Å². The Kier molecular flexibility index (Phi) is 4.80. The largest absolute Gasteiger partial charge is 0.493 e. The van der Waals surface area contributed by atoms with Crippen LogP contribution in [0.2, 0.25) is 0 Å². The first-order valence-corrected chi connectivity index (χ1v) is 6.69. The van der Waals surface area contributed by atoms with Crippen LogP contribution in [0.3, 0.4) is 0 Å². The van der Waals surface area contributed by atoms with Crippen LogP contribution in [-0.4, -0.2) is 44.5 Å². The summed E-state index contributed by atoms with van der Waals surface area (Å²) in [6.07, 6.45) is 3.39. The van der Waals surface area contributed by atoms with Crippen molar-refractivity contribution in [3.63, 3.8) is 0 Å². The Morgan fingerprint density at radius 2 is 2.32 bits per heavy atom. The molecule has 1 atom stereocenters. The molecule has 0 saturated carbocycles. The molecule has 1 aromatic carbocycles. The topological polar surface area (TPSA) is 38.8 Å². The molecule has 19 heavy (non-hydrogen) atoms. The molecule has 1 aliphatic rings. The maximum atomic E-state index is 10.5. The molecule has 1 saturated heterocycles. The summed E-state index contributed by atoms with van der Waals surface area (Å²) in [5.41, 5.74) is 1.03. The number of likely N-dealkylation sites (tertiary alicyclic amines) is 1. The molecule has 0 aromatic heterocycles. The molecule has 4 nitrogen and oxygen atoms in total. The molecule has 4 heteroatoms. The van der Waals surface area contributed by atoms with Gasteiger partial charge in [-0.2, -0.15) is 0 Å². The molecule has 1 unspecified atom stereocenters. The number of aryl methyl sites for hydroxylation is 1. The molecular formula is C15H21NO3. The van der Waals surface area contributed by atoms with Crippen molar-refractivity contribution in [2.24, 2.45) is 0 Å². The molecule has 0 amide bonds. The highest BCUT2D eigenvalue weighted by Gasteiger charge is 2.22. The molecule has 1 heterocycles. The molecule has 0 aliphatic carbocycles. The summed E-state index contributed by atoms with van der Waals surface area (Å²) < 4.78 is 11.5. The minimum atomic E-state index is 0.222. The zero-order chi connectivity index (χ0) is 13.7. The Bertz CT molecular complexity index is 433. The van der Waals surface area contributed by atoms with Gasteiger partial charge in [-0.1, -0.05) is 12.1 Å². The van der Waals surface area contributed by atoms with Crippen LogP contribution in [0, 0.1) is 0 Å². The molecule has 1 aromatic rings. The molecule has 0 spiro atoms. The van der Waals surface area contributed by atoms with Gasteiger partial charge in [0, 0.05) is 19.5 Å². The highest BCUT2D eigenvalue weighted by Crippen LogP contribution is 2.33. The van der Waals surface area contributed by atoms with Crippen LogP contribution in [0.1, 0.15) is 18.4 Å². The first-order chi connectivity index (χ1) is 9.24. The van der Waals surface area contributed by atoms with Gasteiger partial charge in [0.05, 0.1) is 7.11 Å². The van der Waals surface area contributed by atoms with Gasteiger partial charge in [-0.3, -0.25) is 0 Å². The van der Waals surface area contributed by atoms with Crippen LogP contribution in [-0.2, 0) is 11.2 Å².